The second-order valence-electron chi connectivity index (χ2n) is 5.24. The van der Waals surface area contributed by atoms with Gasteiger partial charge in [-0.3, -0.25) is 4.90 Å². The van der Waals surface area contributed by atoms with Gasteiger partial charge in [0.2, 0.25) is 0 Å². The predicted octanol–water partition coefficient (Wildman–Crippen LogP) is 3.72. The fraction of sp³-hybridized carbons (Fsp3) is 0.625. The molecule has 0 aliphatic carbocycles. The zero-order valence-corrected chi connectivity index (χ0v) is 13.8. The highest BCUT2D eigenvalue weighted by molar-refractivity contribution is 9.10. The highest BCUT2D eigenvalue weighted by Gasteiger charge is 2.19. The van der Waals surface area contributed by atoms with Crippen LogP contribution in [-0.4, -0.2) is 43.9 Å². The van der Waals surface area contributed by atoms with Crippen LogP contribution in [0.2, 0.25) is 0 Å². The van der Waals surface area contributed by atoms with Crippen LogP contribution in [0.3, 0.4) is 0 Å². The van der Waals surface area contributed by atoms with Crippen molar-refractivity contribution in [3.05, 3.63) is 28.7 Å². The molecular weight excluding hydrogens is 318 g/mol. The number of piperidine rings is 1. The molecule has 0 saturated carbocycles. The maximum Gasteiger partial charge on any atom is 0.120 e. The largest absolute Gasteiger partial charge is 0.492 e. The lowest BCUT2D eigenvalue weighted by molar-refractivity contribution is -0.00268. The van der Waals surface area contributed by atoms with Crippen LogP contribution in [0.4, 0.5) is 0 Å². The van der Waals surface area contributed by atoms with Crippen molar-refractivity contribution in [2.75, 3.05) is 32.8 Å². The summed E-state index contributed by atoms with van der Waals surface area (Å²) in [6, 6.07) is 8.00. The van der Waals surface area contributed by atoms with E-state index < -0.39 is 0 Å². The van der Waals surface area contributed by atoms with E-state index in [9.17, 15) is 0 Å². The molecule has 1 aliphatic heterocycles. The molecule has 1 heterocycles. The van der Waals surface area contributed by atoms with Crippen molar-refractivity contribution in [3.8, 4) is 5.75 Å². The lowest BCUT2D eigenvalue weighted by atomic mass is 10.1. The van der Waals surface area contributed by atoms with E-state index in [0.29, 0.717) is 6.10 Å². The van der Waals surface area contributed by atoms with E-state index in [4.69, 9.17) is 9.47 Å². The van der Waals surface area contributed by atoms with Crippen molar-refractivity contribution in [2.24, 2.45) is 0 Å². The SMILES string of the molecule is CCCOC1CCCN(CCOc2cccc(Br)c2)C1. The number of rotatable bonds is 7. The van der Waals surface area contributed by atoms with E-state index in [0.717, 1.165) is 49.5 Å². The molecule has 1 fully saturated rings. The summed E-state index contributed by atoms with van der Waals surface area (Å²) in [7, 11) is 0. The molecule has 0 N–H and O–H groups in total. The first-order chi connectivity index (χ1) is 9.78. The Balaban J connectivity index is 1.68. The van der Waals surface area contributed by atoms with Gasteiger partial charge in [0.15, 0.2) is 0 Å². The summed E-state index contributed by atoms with van der Waals surface area (Å²) < 4.78 is 12.7. The van der Waals surface area contributed by atoms with Gasteiger partial charge in [-0.25, -0.2) is 0 Å². The average molecular weight is 342 g/mol. The van der Waals surface area contributed by atoms with Gasteiger partial charge in [-0.2, -0.15) is 0 Å². The standard InChI is InChI=1S/C16H24BrNO2/c1-2-10-19-16-7-4-8-18(13-16)9-11-20-15-6-3-5-14(17)12-15/h3,5-6,12,16H,2,4,7-11,13H2,1H3. The number of hydrogen-bond donors (Lipinski definition) is 0. The van der Waals surface area contributed by atoms with Gasteiger partial charge in [0.25, 0.3) is 0 Å². The second kappa shape index (κ2) is 8.65. The number of ether oxygens (including phenoxy) is 2. The third-order valence-corrected chi connectivity index (χ3v) is 3.99. The summed E-state index contributed by atoms with van der Waals surface area (Å²) in [6.07, 6.45) is 3.94. The highest BCUT2D eigenvalue weighted by atomic mass is 79.9. The molecule has 1 aromatic carbocycles. The first-order valence-corrected chi connectivity index (χ1v) is 8.29. The average Bonchev–Trinajstić information content (AvgIpc) is 2.46. The molecule has 1 saturated heterocycles. The van der Waals surface area contributed by atoms with Gasteiger partial charge in [0.05, 0.1) is 6.10 Å². The van der Waals surface area contributed by atoms with Gasteiger partial charge in [-0.15, -0.1) is 0 Å². The first kappa shape index (κ1) is 15.8. The van der Waals surface area contributed by atoms with Gasteiger partial charge in [0, 0.05) is 24.2 Å². The molecule has 1 atom stereocenters. The van der Waals surface area contributed by atoms with Gasteiger partial charge in [-0.1, -0.05) is 28.9 Å². The minimum Gasteiger partial charge on any atom is -0.492 e. The third-order valence-electron chi connectivity index (χ3n) is 3.49. The summed E-state index contributed by atoms with van der Waals surface area (Å²) in [4.78, 5) is 2.45. The monoisotopic (exact) mass is 341 g/mol. The molecule has 0 aromatic heterocycles. The molecule has 112 valence electrons. The number of nitrogens with zero attached hydrogens (tertiary/aromatic N) is 1. The van der Waals surface area contributed by atoms with Crippen LogP contribution < -0.4 is 4.74 Å². The quantitative estimate of drug-likeness (QED) is 0.754. The normalized spacial score (nSPS) is 20.0. The minimum absolute atomic E-state index is 0.412. The maximum absolute atomic E-state index is 5.85. The van der Waals surface area contributed by atoms with Gasteiger partial charge < -0.3 is 9.47 Å². The van der Waals surface area contributed by atoms with Crippen molar-refractivity contribution in [3.63, 3.8) is 0 Å². The molecule has 2 rings (SSSR count). The third kappa shape index (κ3) is 5.43. The van der Waals surface area contributed by atoms with Crippen molar-refractivity contribution < 1.29 is 9.47 Å². The van der Waals surface area contributed by atoms with Crippen molar-refractivity contribution in [2.45, 2.75) is 32.3 Å². The van der Waals surface area contributed by atoms with E-state index in [1.165, 1.54) is 12.8 Å². The van der Waals surface area contributed by atoms with E-state index >= 15 is 0 Å². The van der Waals surface area contributed by atoms with Crippen LogP contribution in [0.15, 0.2) is 28.7 Å². The number of benzene rings is 1. The van der Waals surface area contributed by atoms with Crippen molar-refractivity contribution >= 4 is 15.9 Å². The number of hydrogen-bond acceptors (Lipinski definition) is 3. The Labute approximate surface area is 130 Å². The lowest BCUT2D eigenvalue weighted by Gasteiger charge is -2.32. The Kier molecular flexibility index (Phi) is 6.83. The minimum atomic E-state index is 0.412. The van der Waals surface area contributed by atoms with Crippen LogP contribution in [0.5, 0.6) is 5.75 Å². The molecule has 20 heavy (non-hydrogen) atoms. The predicted molar refractivity (Wildman–Crippen MR) is 85.3 cm³/mol. The highest BCUT2D eigenvalue weighted by Crippen LogP contribution is 2.18. The summed E-state index contributed by atoms with van der Waals surface area (Å²) in [5.41, 5.74) is 0. The summed E-state index contributed by atoms with van der Waals surface area (Å²) in [5, 5.41) is 0. The molecule has 0 radical (unpaired) electrons. The molecule has 1 unspecified atom stereocenters. The molecule has 0 bridgehead atoms. The Morgan fingerprint density at radius 2 is 2.25 bits per heavy atom. The van der Waals surface area contributed by atoms with E-state index in [1.54, 1.807) is 0 Å². The van der Waals surface area contributed by atoms with E-state index in [1.807, 2.05) is 24.3 Å². The Bertz CT molecular complexity index is 400. The van der Waals surface area contributed by atoms with Crippen LogP contribution in [0.25, 0.3) is 0 Å². The molecular formula is C16H24BrNO2. The van der Waals surface area contributed by atoms with Crippen LogP contribution in [0.1, 0.15) is 26.2 Å². The molecule has 4 heteroatoms. The smallest absolute Gasteiger partial charge is 0.120 e. The van der Waals surface area contributed by atoms with Crippen molar-refractivity contribution in [1.82, 2.24) is 4.90 Å². The van der Waals surface area contributed by atoms with E-state index in [-0.39, 0.29) is 0 Å². The fourth-order valence-corrected chi connectivity index (χ4v) is 2.86. The molecule has 0 spiro atoms. The van der Waals surface area contributed by atoms with E-state index in [2.05, 4.69) is 27.8 Å². The van der Waals surface area contributed by atoms with Gasteiger partial charge >= 0.3 is 0 Å². The second-order valence-corrected chi connectivity index (χ2v) is 6.16. The van der Waals surface area contributed by atoms with Crippen molar-refractivity contribution in [1.29, 1.82) is 0 Å². The van der Waals surface area contributed by atoms with Gasteiger partial charge in [-0.05, 0) is 44.0 Å². The number of halogens is 1. The van der Waals surface area contributed by atoms with Gasteiger partial charge in [0.1, 0.15) is 12.4 Å². The fourth-order valence-electron chi connectivity index (χ4n) is 2.49. The summed E-state index contributed by atoms with van der Waals surface area (Å²) >= 11 is 3.46. The number of likely N-dealkylation sites (tertiary alicyclic amines) is 1. The zero-order chi connectivity index (χ0) is 14.2. The topological polar surface area (TPSA) is 21.7 Å². The Hall–Kier alpha value is -0.580. The molecule has 0 amide bonds. The Morgan fingerprint density at radius 1 is 1.35 bits per heavy atom. The summed E-state index contributed by atoms with van der Waals surface area (Å²) in [6.45, 7) is 6.95. The Morgan fingerprint density at radius 3 is 3.05 bits per heavy atom. The molecule has 3 nitrogen and oxygen atoms in total. The van der Waals surface area contributed by atoms with Crippen LogP contribution >= 0.6 is 15.9 Å². The van der Waals surface area contributed by atoms with Crippen LogP contribution in [0, 0.1) is 0 Å². The first-order valence-electron chi connectivity index (χ1n) is 7.50. The van der Waals surface area contributed by atoms with Crippen LogP contribution in [-0.2, 0) is 4.74 Å². The molecule has 1 aliphatic rings. The lowest BCUT2D eigenvalue weighted by Crippen LogP contribution is -2.41. The zero-order valence-electron chi connectivity index (χ0n) is 12.2. The maximum atomic E-state index is 5.85. The molecule has 1 aromatic rings. The summed E-state index contributed by atoms with van der Waals surface area (Å²) in [5.74, 6) is 0.926.